The molecule has 1 amide bonds. The van der Waals surface area contributed by atoms with Crippen LogP contribution in [0.15, 0.2) is 17.7 Å². The summed E-state index contributed by atoms with van der Waals surface area (Å²) in [5.41, 5.74) is 0.660. The maximum atomic E-state index is 12.3. The van der Waals surface area contributed by atoms with Crippen molar-refractivity contribution in [2.75, 3.05) is 13.7 Å². The molecule has 2 rings (SSSR count). The first-order valence-corrected chi connectivity index (χ1v) is 8.39. The van der Waals surface area contributed by atoms with E-state index in [0.717, 1.165) is 25.7 Å². The smallest absolute Gasteiger partial charge is 0.262 e. The second-order valence-corrected chi connectivity index (χ2v) is 6.00. The van der Waals surface area contributed by atoms with Crippen LogP contribution in [-0.2, 0) is 4.79 Å². The second kappa shape index (κ2) is 8.60. The molecule has 5 nitrogen and oxygen atoms in total. The van der Waals surface area contributed by atoms with E-state index in [-0.39, 0.29) is 17.5 Å². The van der Waals surface area contributed by atoms with Gasteiger partial charge in [-0.2, -0.15) is 5.26 Å². The summed E-state index contributed by atoms with van der Waals surface area (Å²) in [6.07, 6.45) is 5.67. The highest BCUT2D eigenvalue weighted by atomic mass is 35.5. The van der Waals surface area contributed by atoms with Gasteiger partial charge >= 0.3 is 0 Å². The summed E-state index contributed by atoms with van der Waals surface area (Å²) in [5, 5.41) is 12.6. The van der Waals surface area contributed by atoms with Gasteiger partial charge in [0.2, 0.25) is 0 Å². The average molecular weight is 349 g/mol. The lowest BCUT2D eigenvalue weighted by Crippen LogP contribution is -2.33. The van der Waals surface area contributed by atoms with Crippen molar-refractivity contribution in [1.29, 1.82) is 5.26 Å². The van der Waals surface area contributed by atoms with E-state index in [1.54, 1.807) is 12.1 Å². The Morgan fingerprint density at radius 1 is 1.46 bits per heavy atom. The van der Waals surface area contributed by atoms with Gasteiger partial charge in [-0.15, -0.1) is 0 Å². The number of amides is 1. The lowest BCUT2D eigenvalue weighted by atomic mass is 10.1. The fraction of sp³-hybridized carbons (Fsp3) is 0.444. The topological polar surface area (TPSA) is 71.3 Å². The minimum Gasteiger partial charge on any atom is -0.491 e. The molecule has 24 heavy (non-hydrogen) atoms. The largest absolute Gasteiger partial charge is 0.491 e. The van der Waals surface area contributed by atoms with E-state index < -0.39 is 0 Å². The normalized spacial score (nSPS) is 15.0. The van der Waals surface area contributed by atoms with Gasteiger partial charge in [-0.25, -0.2) is 0 Å². The zero-order valence-electron chi connectivity index (χ0n) is 13.9. The number of nitrogens with zero attached hydrogens (tertiary/aromatic N) is 1. The first-order chi connectivity index (χ1) is 11.6. The first kappa shape index (κ1) is 18.2. The molecule has 0 atom stereocenters. The lowest BCUT2D eigenvalue weighted by Gasteiger charge is -2.13. The molecular formula is C18H21ClN2O3. The Morgan fingerprint density at radius 3 is 2.75 bits per heavy atom. The fourth-order valence-corrected chi connectivity index (χ4v) is 3.08. The third-order valence-electron chi connectivity index (χ3n) is 3.90. The second-order valence-electron chi connectivity index (χ2n) is 5.59. The van der Waals surface area contributed by atoms with Crippen LogP contribution in [0, 0.1) is 11.3 Å². The average Bonchev–Trinajstić information content (AvgIpc) is 3.05. The highest BCUT2D eigenvalue weighted by Crippen LogP contribution is 2.36. The van der Waals surface area contributed by atoms with Crippen molar-refractivity contribution in [2.24, 2.45) is 0 Å². The molecule has 0 radical (unpaired) electrons. The zero-order valence-corrected chi connectivity index (χ0v) is 14.7. The third-order valence-corrected chi connectivity index (χ3v) is 4.18. The van der Waals surface area contributed by atoms with Crippen LogP contribution >= 0.6 is 11.6 Å². The van der Waals surface area contributed by atoms with Gasteiger partial charge in [-0.3, -0.25) is 4.79 Å². The van der Waals surface area contributed by atoms with Crippen LogP contribution in [0.2, 0.25) is 5.02 Å². The Bertz CT molecular complexity index is 674. The molecule has 128 valence electrons. The summed E-state index contributed by atoms with van der Waals surface area (Å²) in [6.45, 7) is 2.30. The maximum Gasteiger partial charge on any atom is 0.262 e. The van der Waals surface area contributed by atoms with Gasteiger partial charge in [0, 0.05) is 6.04 Å². The summed E-state index contributed by atoms with van der Waals surface area (Å²) >= 11 is 6.20. The van der Waals surface area contributed by atoms with Crippen molar-refractivity contribution in [3.63, 3.8) is 0 Å². The predicted molar refractivity (Wildman–Crippen MR) is 93.2 cm³/mol. The van der Waals surface area contributed by atoms with E-state index in [4.69, 9.17) is 21.1 Å². The van der Waals surface area contributed by atoms with Crippen molar-refractivity contribution < 1.29 is 14.3 Å². The van der Waals surface area contributed by atoms with Gasteiger partial charge in [-0.1, -0.05) is 24.4 Å². The highest BCUT2D eigenvalue weighted by Gasteiger charge is 2.19. The van der Waals surface area contributed by atoms with Crippen LogP contribution in [0.3, 0.4) is 0 Å². The van der Waals surface area contributed by atoms with E-state index in [9.17, 15) is 10.1 Å². The SMILES string of the molecule is CCOc1cc(/C=C(\C#N)C(=O)NC2CCCC2)cc(Cl)c1OC. The number of methoxy groups -OCH3 is 1. The quantitative estimate of drug-likeness (QED) is 0.628. The van der Waals surface area contributed by atoms with Crippen molar-refractivity contribution in [1.82, 2.24) is 5.32 Å². The number of benzene rings is 1. The minimum atomic E-state index is -0.352. The molecule has 0 aromatic heterocycles. The Kier molecular flexibility index (Phi) is 6.51. The summed E-state index contributed by atoms with van der Waals surface area (Å²) in [4.78, 5) is 12.3. The molecule has 0 unspecified atom stereocenters. The summed E-state index contributed by atoms with van der Waals surface area (Å²) in [7, 11) is 1.51. The molecule has 0 heterocycles. The van der Waals surface area contributed by atoms with Crippen molar-refractivity contribution in [2.45, 2.75) is 38.6 Å². The van der Waals surface area contributed by atoms with Crippen molar-refractivity contribution in [3.05, 3.63) is 28.3 Å². The molecule has 1 aromatic carbocycles. The van der Waals surface area contributed by atoms with Gasteiger partial charge in [0.25, 0.3) is 5.91 Å². The van der Waals surface area contributed by atoms with Crippen molar-refractivity contribution in [3.8, 4) is 17.6 Å². The molecule has 1 fully saturated rings. The molecular weight excluding hydrogens is 328 g/mol. The van der Waals surface area contributed by atoms with Gasteiger partial charge in [0.1, 0.15) is 11.6 Å². The Balaban J connectivity index is 2.26. The molecule has 1 N–H and O–H groups in total. The number of hydrogen-bond acceptors (Lipinski definition) is 4. The number of rotatable bonds is 6. The molecule has 0 aliphatic heterocycles. The Labute approximate surface area is 147 Å². The predicted octanol–water partition coefficient (Wildman–Crippen LogP) is 3.71. The molecule has 1 aliphatic carbocycles. The third kappa shape index (κ3) is 4.42. The van der Waals surface area contributed by atoms with E-state index >= 15 is 0 Å². The van der Waals surface area contributed by atoms with Crippen molar-refractivity contribution >= 4 is 23.6 Å². The Morgan fingerprint density at radius 2 is 2.17 bits per heavy atom. The molecule has 1 aromatic rings. The van der Waals surface area contributed by atoms with E-state index in [0.29, 0.717) is 28.7 Å². The van der Waals surface area contributed by atoms with E-state index in [1.807, 2.05) is 13.0 Å². The monoisotopic (exact) mass is 348 g/mol. The summed E-state index contributed by atoms with van der Waals surface area (Å²) in [6, 6.07) is 5.46. The van der Waals surface area contributed by atoms with Crippen LogP contribution in [0.25, 0.3) is 6.08 Å². The minimum absolute atomic E-state index is 0.0468. The van der Waals surface area contributed by atoms with Gasteiger partial charge in [-0.05, 0) is 43.5 Å². The number of nitrogens with one attached hydrogen (secondary N) is 1. The molecule has 0 saturated heterocycles. The van der Waals surface area contributed by atoms with Crippen LogP contribution in [0.4, 0.5) is 0 Å². The summed E-state index contributed by atoms with van der Waals surface area (Å²) in [5.74, 6) is 0.561. The molecule has 0 spiro atoms. The van der Waals surface area contributed by atoms with Crippen LogP contribution < -0.4 is 14.8 Å². The molecule has 6 heteroatoms. The lowest BCUT2D eigenvalue weighted by molar-refractivity contribution is -0.117. The Hall–Kier alpha value is -2.19. The number of hydrogen-bond donors (Lipinski definition) is 1. The number of nitriles is 1. The molecule has 1 saturated carbocycles. The number of halogens is 1. The van der Waals surface area contributed by atoms with Gasteiger partial charge in [0.05, 0.1) is 18.7 Å². The van der Waals surface area contributed by atoms with Crippen LogP contribution in [-0.4, -0.2) is 25.7 Å². The molecule has 0 bridgehead atoms. The standard InChI is InChI=1S/C18H21ClN2O3/c1-3-24-16-10-12(9-15(19)17(16)23-2)8-13(11-20)18(22)21-14-6-4-5-7-14/h8-10,14H,3-7H2,1-2H3,(H,21,22)/b13-8+. The van der Waals surface area contributed by atoms with E-state index in [1.165, 1.54) is 13.2 Å². The van der Waals surface area contributed by atoms with Gasteiger partial charge in [0.15, 0.2) is 11.5 Å². The van der Waals surface area contributed by atoms with Gasteiger partial charge < -0.3 is 14.8 Å². The van der Waals surface area contributed by atoms with Crippen LogP contribution in [0.1, 0.15) is 38.2 Å². The highest BCUT2D eigenvalue weighted by molar-refractivity contribution is 6.32. The molecule has 1 aliphatic rings. The zero-order chi connectivity index (χ0) is 17.5. The summed E-state index contributed by atoms with van der Waals surface area (Å²) < 4.78 is 10.7. The number of carbonyl (C=O) groups is 1. The number of ether oxygens (including phenoxy) is 2. The number of carbonyl (C=O) groups excluding carboxylic acids is 1. The first-order valence-electron chi connectivity index (χ1n) is 8.02. The fourth-order valence-electron chi connectivity index (χ4n) is 2.78. The van der Waals surface area contributed by atoms with Crippen LogP contribution in [0.5, 0.6) is 11.5 Å². The maximum absolute atomic E-state index is 12.3. The van der Waals surface area contributed by atoms with E-state index in [2.05, 4.69) is 5.32 Å².